The monoisotopic (exact) mass is 505 g/mol. The van der Waals surface area contributed by atoms with Gasteiger partial charge in [-0.3, -0.25) is 14.8 Å². The molecule has 1 fully saturated rings. The van der Waals surface area contributed by atoms with Gasteiger partial charge in [0.25, 0.3) is 0 Å². The minimum Gasteiger partial charge on any atom is -0.468 e. The lowest BCUT2D eigenvalue weighted by molar-refractivity contribution is -0.143. The number of benzene rings is 1. The standard InChI is InChI=1S/C26H23N3O4S2/c1-16(17-7-5-4-6-8-17)33-25(31)28-23-18(15-27-29(23)2)9-10-19-13-20-21(34-19)14-22(35-20)26(11-12-26)24(30)32-3/h4-8,13-16H,11-12H2,1-3H3,(H,28,31). The topological polar surface area (TPSA) is 82.5 Å². The molecule has 0 aliphatic heterocycles. The van der Waals surface area contributed by atoms with Crippen molar-refractivity contribution in [3.63, 3.8) is 0 Å². The van der Waals surface area contributed by atoms with Gasteiger partial charge in [0.1, 0.15) is 17.3 Å². The Labute approximate surface area is 210 Å². The molecule has 3 heterocycles. The molecule has 0 bridgehead atoms. The summed E-state index contributed by atoms with van der Waals surface area (Å²) in [5.74, 6) is 6.61. The molecule has 1 aliphatic rings. The van der Waals surface area contributed by atoms with Crippen LogP contribution in [0.15, 0.2) is 48.7 Å². The second-order valence-electron chi connectivity index (χ2n) is 8.39. The van der Waals surface area contributed by atoms with Gasteiger partial charge in [-0.05, 0) is 37.5 Å². The molecule has 7 nitrogen and oxygen atoms in total. The molecule has 1 amide bonds. The highest BCUT2D eigenvalue weighted by atomic mass is 32.1. The smallest absolute Gasteiger partial charge is 0.413 e. The molecule has 0 spiro atoms. The molecule has 178 valence electrons. The Bertz CT molecular complexity index is 1440. The lowest BCUT2D eigenvalue weighted by Crippen LogP contribution is -2.20. The first-order chi connectivity index (χ1) is 16.9. The first kappa shape index (κ1) is 23.1. The number of anilines is 1. The Balaban J connectivity index is 1.30. The maximum absolute atomic E-state index is 12.5. The number of methoxy groups -OCH3 is 1. The fraction of sp³-hybridized carbons (Fsp3) is 0.269. The Kier molecular flexibility index (Phi) is 6.09. The van der Waals surface area contributed by atoms with Gasteiger partial charge in [0.2, 0.25) is 0 Å². The molecule has 35 heavy (non-hydrogen) atoms. The second-order valence-corrected chi connectivity index (χ2v) is 10.6. The van der Waals surface area contributed by atoms with Crippen LogP contribution in [0.4, 0.5) is 10.6 Å². The van der Waals surface area contributed by atoms with Crippen LogP contribution in [0.25, 0.3) is 9.40 Å². The lowest BCUT2D eigenvalue weighted by Gasteiger charge is -2.14. The Morgan fingerprint density at radius 2 is 1.89 bits per heavy atom. The number of thiophene rings is 2. The van der Waals surface area contributed by atoms with Crippen LogP contribution in [0.5, 0.6) is 0 Å². The Hall–Kier alpha value is -3.61. The summed E-state index contributed by atoms with van der Waals surface area (Å²) >= 11 is 3.20. The molecule has 0 radical (unpaired) electrons. The summed E-state index contributed by atoms with van der Waals surface area (Å²) in [6, 6.07) is 13.7. The van der Waals surface area contributed by atoms with E-state index in [1.807, 2.05) is 43.3 Å². The predicted molar refractivity (Wildman–Crippen MR) is 137 cm³/mol. The van der Waals surface area contributed by atoms with Gasteiger partial charge in [0.15, 0.2) is 0 Å². The molecular weight excluding hydrogens is 482 g/mol. The van der Waals surface area contributed by atoms with Crippen LogP contribution in [0.3, 0.4) is 0 Å². The number of nitrogens with zero attached hydrogens (tertiary/aromatic N) is 2. The van der Waals surface area contributed by atoms with E-state index in [0.29, 0.717) is 11.4 Å². The van der Waals surface area contributed by atoms with Gasteiger partial charge in [0, 0.05) is 21.3 Å². The predicted octanol–water partition coefficient (Wildman–Crippen LogP) is 5.61. The molecular formula is C26H23N3O4S2. The van der Waals surface area contributed by atoms with E-state index >= 15 is 0 Å². The van der Waals surface area contributed by atoms with Gasteiger partial charge >= 0.3 is 12.1 Å². The van der Waals surface area contributed by atoms with E-state index in [0.717, 1.165) is 37.6 Å². The van der Waals surface area contributed by atoms with Crippen molar-refractivity contribution in [1.82, 2.24) is 9.78 Å². The summed E-state index contributed by atoms with van der Waals surface area (Å²) in [6.45, 7) is 1.82. The third-order valence-electron chi connectivity index (χ3n) is 6.04. The van der Waals surface area contributed by atoms with Crippen LogP contribution in [0, 0.1) is 11.8 Å². The Morgan fingerprint density at radius 1 is 1.14 bits per heavy atom. The lowest BCUT2D eigenvalue weighted by atomic mass is 10.1. The number of hydrogen-bond donors (Lipinski definition) is 1. The van der Waals surface area contributed by atoms with E-state index in [-0.39, 0.29) is 5.97 Å². The van der Waals surface area contributed by atoms with Crippen molar-refractivity contribution in [2.24, 2.45) is 7.05 Å². The number of carbonyl (C=O) groups is 2. The number of aromatic nitrogens is 2. The number of amides is 1. The summed E-state index contributed by atoms with van der Waals surface area (Å²) in [5, 5.41) is 6.99. The van der Waals surface area contributed by atoms with E-state index in [1.165, 1.54) is 7.11 Å². The second kappa shape index (κ2) is 9.21. The number of nitrogens with one attached hydrogen (secondary N) is 1. The van der Waals surface area contributed by atoms with E-state index in [1.54, 1.807) is 40.6 Å². The third-order valence-corrected chi connectivity index (χ3v) is 8.45. The number of carbonyl (C=O) groups excluding carboxylic acids is 2. The van der Waals surface area contributed by atoms with Gasteiger partial charge in [-0.1, -0.05) is 42.2 Å². The SMILES string of the molecule is COC(=O)C1(c2cc3sc(C#Cc4cnn(C)c4NC(=O)OC(C)c4ccccc4)cc3s2)CC1. The van der Waals surface area contributed by atoms with Gasteiger partial charge in [-0.2, -0.15) is 5.10 Å². The largest absolute Gasteiger partial charge is 0.468 e. The maximum Gasteiger partial charge on any atom is 0.413 e. The molecule has 1 N–H and O–H groups in total. The number of rotatable bonds is 5. The molecule has 1 atom stereocenters. The summed E-state index contributed by atoms with van der Waals surface area (Å²) < 4.78 is 14.3. The van der Waals surface area contributed by atoms with Gasteiger partial charge in [-0.15, -0.1) is 22.7 Å². The zero-order chi connectivity index (χ0) is 24.6. The van der Waals surface area contributed by atoms with Crippen LogP contribution >= 0.6 is 22.7 Å². The third kappa shape index (κ3) is 4.55. The van der Waals surface area contributed by atoms with Crippen LogP contribution in [-0.2, 0) is 26.7 Å². The highest BCUT2D eigenvalue weighted by molar-refractivity contribution is 7.28. The van der Waals surface area contributed by atoms with E-state index in [2.05, 4.69) is 28.3 Å². The van der Waals surface area contributed by atoms with E-state index in [4.69, 9.17) is 9.47 Å². The number of hydrogen-bond acceptors (Lipinski definition) is 7. The van der Waals surface area contributed by atoms with Gasteiger partial charge in [-0.25, -0.2) is 4.79 Å². The first-order valence-electron chi connectivity index (χ1n) is 11.1. The summed E-state index contributed by atoms with van der Waals surface area (Å²) in [7, 11) is 3.18. The molecule has 1 saturated carbocycles. The van der Waals surface area contributed by atoms with Crippen molar-refractivity contribution < 1.29 is 19.1 Å². The van der Waals surface area contributed by atoms with Crippen molar-refractivity contribution >= 4 is 50.0 Å². The molecule has 5 rings (SSSR count). The fourth-order valence-electron chi connectivity index (χ4n) is 3.89. The zero-order valence-electron chi connectivity index (χ0n) is 19.5. The Morgan fingerprint density at radius 3 is 2.57 bits per heavy atom. The highest BCUT2D eigenvalue weighted by Gasteiger charge is 2.53. The maximum atomic E-state index is 12.5. The normalized spacial score (nSPS) is 14.6. The fourth-order valence-corrected chi connectivity index (χ4v) is 6.37. The van der Waals surface area contributed by atoms with Crippen molar-refractivity contribution in [3.8, 4) is 11.8 Å². The summed E-state index contributed by atoms with van der Waals surface area (Å²) in [4.78, 5) is 26.6. The van der Waals surface area contributed by atoms with Gasteiger partial charge < -0.3 is 9.47 Å². The number of ether oxygens (including phenoxy) is 2. The van der Waals surface area contributed by atoms with Crippen molar-refractivity contribution in [2.45, 2.75) is 31.3 Å². The molecule has 3 aromatic heterocycles. The summed E-state index contributed by atoms with van der Waals surface area (Å²) in [6.07, 6.45) is 2.32. The number of esters is 1. The van der Waals surface area contributed by atoms with Crippen LogP contribution in [0.2, 0.25) is 0 Å². The molecule has 0 saturated heterocycles. The average Bonchev–Trinajstić information content (AvgIpc) is 3.28. The van der Waals surface area contributed by atoms with Crippen LogP contribution in [-0.4, -0.2) is 29.0 Å². The minimum absolute atomic E-state index is 0.153. The van der Waals surface area contributed by atoms with Crippen LogP contribution in [0.1, 0.15) is 46.8 Å². The molecule has 1 unspecified atom stereocenters. The first-order valence-corrected chi connectivity index (χ1v) is 12.7. The average molecular weight is 506 g/mol. The summed E-state index contributed by atoms with van der Waals surface area (Å²) in [5.41, 5.74) is 1.05. The van der Waals surface area contributed by atoms with Crippen molar-refractivity contribution in [1.29, 1.82) is 0 Å². The molecule has 9 heteroatoms. The van der Waals surface area contributed by atoms with E-state index in [9.17, 15) is 9.59 Å². The number of fused-ring (bicyclic) bond motifs is 1. The number of aryl methyl sites for hydroxylation is 1. The van der Waals surface area contributed by atoms with Gasteiger partial charge in [0.05, 0.1) is 23.7 Å². The zero-order valence-corrected chi connectivity index (χ0v) is 21.1. The highest BCUT2D eigenvalue weighted by Crippen LogP contribution is 2.53. The van der Waals surface area contributed by atoms with Crippen molar-refractivity contribution in [2.75, 3.05) is 12.4 Å². The van der Waals surface area contributed by atoms with E-state index < -0.39 is 17.6 Å². The van der Waals surface area contributed by atoms with Crippen LogP contribution < -0.4 is 5.32 Å². The molecule has 4 aromatic rings. The van der Waals surface area contributed by atoms with Crippen molar-refractivity contribution in [3.05, 3.63) is 69.5 Å². The minimum atomic E-state index is -0.572. The molecule has 1 aliphatic carbocycles. The quantitative estimate of drug-likeness (QED) is 0.282. The molecule has 1 aromatic carbocycles.